The van der Waals surface area contributed by atoms with Crippen molar-refractivity contribution >= 4 is 17.3 Å². The van der Waals surface area contributed by atoms with E-state index in [-0.39, 0.29) is 17.2 Å². The van der Waals surface area contributed by atoms with Crippen LogP contribution in [-0.4, -0.2) is 23.0 Å². The molecule has 98 valence electrons. The Morgan fingerprint density at radius 1 is 1.37 bits per heavy atom. The number of pyridine rings is 1. The minimum absolute atomic E-state index is 0.0375. The van der Waals surface area contributed by atoms with Gasteiger partial charge in [-0.25, -0.2) is 0 Å². The van der Waals surface area contributed by atoms with E-state index >= 15 is 0 Å². The van der Waals surface area contributed by atoms with Gasteiger partial charge in [-0.15, -0.1) is 0 Å². The summed E-state index contributed by atoms with van der Waals surface area (Å²) in [4.78, 5) is 17.6. The molecule has 5 nitrogen and oxygen atoms in total. The number of aromatic hydroxyl groups is 1. The Hall–Kier alpha value is -2.56. The monoisotopic (exact) mass is 257 g/mol. The number of carbonyl (C=O) groups excluding carboxylic acids is 1. The zero-order valence-corrected chi connectivity index (χ0v) is 10.8. The Morgan fingerprint density at radius 3 is 2.74 bits per heavy atom. The zero-order valence-electron chi connectivity index (χ0n) is 10.8. The molecule has 2 aromatic rings. The highest BCUT2D eigenvalue weighted by atomic mass is 16.3. The van der Waals surface area contributed by atoms with Crippen molar-refractivity contribution in [3.05, 3.63) is 47.8 Å². The summed E-state index contributed by atoms with van der Waals surface area (Å²) in [5.74, 6) is -0.361. The lowest BCUT2D eigenvalue weighted by molar-refractivity contribution is 0.0990. The second kappa shape index (κ2) is 4.97. The first-order valence-corrected chi connectivity index (χ1v) is 5.78. The molecule has 0 aliphatic carbocycles. The molecule has 0 bridgehead atoms. The Kier molecular flexibility index (Phi) is 3.37. The van der Waals surface area contributed by atoms with Crippen molar-refractivity contribution in [3.63, 3.8) is 0 Å². The van der Waals surface area contributed by atoms with Crippen LogP contribution >= 0.6 is 0 Å². The lowest BCUT2D eigenvalue weighted by atomic mass is 10.1. The van der Waals surface area contributed by atoms with E-state index in [1.807, 2.05) is 6.92 Å². The average molecular weight is 257 g/mol. The van der Waals surface area contributed by atoms with Crippen LogP contribution in [0.1, 0.15) is 15.9 Å². The molecule has 0 aliphatic heterocycles. The van der Waals surface area contributed by atoms with Gasteiger partial charge in [0.2, 0.25) is 0 Å². The summed E-state index contributed by atoms with van der Waals surface area (Å²) in [6.07, 6.45) is 3.04. The van der Waals surface area contributed by atoms with Crippen LogP contribution < -0.4 is 10.6 Å². The summed E-state index contributed by atoms with van der Waals surface area (Å²) >= 11 is 0. The quantitative estimate of drug-likeness (QED) is 0.861. The number of hydrogen-bond acceptors (Lipinski definition) is 4. The highest BCUT2D eigenvalue weighted by Crippen LogP contribution is 2.25. The topological polar surface area (TPSA) is 79.5 Å². The third-order valence-corrected chi connectivity index (χ3v) is 2.88. The molecule has 5 heteroatoms. The number of aromatic nitrogens is 1. The van der Waals surface area contributed by atoms with Gasteiger partial charge in [0.25, 0.3) is 5.91 Å². The Balaban J connectivity index is 2.37. The molecule has 0 aliphatic rings. The molecular formula is C14H15N3O2. The first kappa shape index (κ1) is 12.9. The van der Waals surface area contributed by atoms with Gasteiger partial charge in [0.1, 0.15) is 5.75 Å². The standard InChI is InChI=1S/C14H15N3O2/c1-9-3-4-10(13(18)7-9)14(19)17(2)12-5-6-16-8-11(12)15/h3-8,18H,15H2,1-2H3. The first-order valence-electron chi connectivity index (χ1n) is 5.78. The van der Waals surface area contributed by atoms with Gasteiger partial charge >= 0.3 is 0 Å². The highest BCUT2D eigenvalue weighted by molar-refractivity contribution is 6.08. The number of hydrogen-bond donors (Lipinski definition) is 2. The van der Waals surface area contributed by atoms with Gasteiger partial charge in [0.15, 0.2) is 0 Å². The molecule has 1 aromatic carbocycles. The average Bonchev–Trinajstić information content (AvgIpc) is 2.38. The van der Waals surface area contributed by atoms with E-state index in [0.717, 1.165) is 5.56 Å². The maximum Gasteiger partial charge on any atom is 0.261 e. The third-order valence-electron chi connectivity index (χ3n) is 2.88. The number of rotatable bonds is 2. The second-order valence-corrected chi connectivity index (χ2v) is 4.32. The van der Waals surface area contributed by atoms with Crippen molar-refractivity contribution in [2.24, 2.45) is 0 Å². The SMILES string of the molecule is Cc1ccc(C(=O)N(C)c2ccncc2N)c(O)c1. The fourth-order valence-corrected chi connectivity index (χ4v) is 1.82. The predicted molar refractivity (Wildman–Crippen MR) is 74.2 cm³/mol. The van der Waals surface area contributed by atoms with Gasteiger partial charge in [0, 0.05) is 13.2 Å². The molecule has 0 atom stereocenters. The minimum atomic E-state index is -0.324. The number of phenols is 1. The number of phenolic OH excluding ortho intramolecular Hbond substituents is 1. The van der Waals surface area contributed by atoms with E-state index in [1.165, 1.54) is 11.1 Å². The van der Waals surface area contributed by atoms with Crippen molar-refractivity contribution in [1.29, 1.82) is 0 Å². The summed E-state index contributed by atoms with van der Waals surface area (Å²) in [6.45, 7) is 1.85. The van der Waals surface area contributed by atoms with Gasteiger partial charge in [-0.1, -0.05) is 6.07 Å². The van der Waals surface area contributed by atoms with Gasteiger partial charge in [-0.2, -0.15) is 0 Å². The van der Waals surface area contributed by atoms with Crippen LogP contribution in [0.3, 0.4) is 0 Å². The molecule has 0 saturated heterocycles. The Bertz CT molecular complexity index is 626. The molecular weight excluding hydrogens is 242 g/mol. The summed E-state index contributed by atoms with van der Waals surface area (Å²) < 4.78 is 0. The number of anilines is 2. The number of nitrogens with zero attached hydrogens (tertiary/aromatic N) is 2. The predicted octanol–water partition coefficient (Wildman–Crippen LogP) is 1.95. The minimum Gasteiger partial charge on any atom is -0.507 e. The molecule has 0 saturated carbocycles. The van der Waals surface area contributed by atoms with Gasteiger partial charge in [0.05, 0.1) is 23.1 Å². The number of nitrogen functional groups attached to an aromatic ring is 1. The number of nitrogens with two attached hydrogens (primary N) is 1. The maximum atomic E-state index is 12.3. The zero-order chi connectivity index (χ0) is 14.0. The Morgan fingerprint density at radius 2 is 2.11 bits per heavy atom. The lowest BCUT2D eigenvalue weighted by Crippen LogP contribution is -2.27. The molecule has 0 unspecified atom stereocenters. The van der Waals surface area contributed by atoms with Crippen molar-refractivity contribution in [1.82, 2.24) is 4.98 Å². The van der Waals surface area contributed by atoms with Crippen molar-refractivity contribution in [3.8, 4) is 5.75 Å². The molecule has 19 heavy (non-hydrogen) atoms. The largest absolute Gasteiger partial charge is 0.507 e. The first-order chi connectivity index (χ1) is 9.00. The van der Waals surface area contributed by atoms with E-state index in [1.54, 1.807) is 37.5 Å². The molecule has 1 aromatic heterocycles. The summed E-state index contributed by atoms with van der Waals surface area (Å²) in [5, 5.41) is 9.84. The maximum absolute atomic E-state index is 12.3. The third kappa shape index (κ3) is 2.49. The van der Waals surface area contributed by atoms with Crippen LogP contribution in [0, 0.1) is 6.92 Å². The second-order valence-electron chi connectivity index (χ2n) is 4.32. The summed E-state index contributed by atoms with van der Waals surface area (Å²) in [5.41, 5.74) is 7.87. The van der Waals surface area contributed by atoms with Gasteiger partial charge in [-0.3, -0.25) is 9.78 Å². The van der Waals surface area contributed by atoms with Crippen LogP contribution in [0.25, 0.3) is 0 Å². The fraction of sp³-hybridized carbons (Fsp3) is 0.143. The van der Waals surface area contributed by atoms with Crippen LogP contribution in [-0.2, 0) is 0 Å². The molecule has 0 radical (unpaired) electrons. The summed E-state index contributed by atoms with van der Waals surface area (Å²) in [7, 11) is 1.60. The van der Waals surface area contributed by atoms with Crippen LogP contribution in [0.2, 0.25) is 0 Å². The molecule has 0 spiro atoms. The smallest absolute Gasteiger partial charge is 0.261 e. The Labute approximate surface area is 111 Å². The van der Waals surface area contributed by atoms with E-state index in [4.69, 9.17) is 5.73 Å². The van der Waals surface area contributed by atoms with Crippen molar-refractivity contribution in [2.45, 2.75) is 6.92 Å². The van der Waals surface area contributed by atoms with Crippen LogP contribution in [0.5, 0.6) is 5.75 Å². The van der Waals surface area contributed by atoms with E-state index in [9.17, 15) is 9.90 Å². The number of benzene rings is 1. The molecule has 1 amide bonds. The van der Waals surface area contributed by atoms with Crippen molar-refractivity contribution < 1.29 is 9.90 Å². The normalized spacial score (nSPS) is 10.2. The highest BCUT2D eigenvalue weighted by Gasteiger charge is 2.18. The summed E-state index contributed by atoms with van der Waals surface area (Å²) in [6, 6.07) is 6.58. The van der Waals surface area contributed by atoms with Gasteiger partial charge < -0.3 is 15.7 Å². The number of amides is 1. The molecule has 3 N–H and O–H groups in total. The molecule has 1 heterocycles. The number of aryl methyl sites for hydroxylation is 1. The van der Waals surface area contributed by atoms with Crippen LogP contribution in [0.15, 0.2) is 36.7 Å². The van der Waals surface area contributed by atoms with Crippen LogP contribution in [0.4, 0.5) is 11.4 Å². The molecule has 2 rings (SSSR count). The number of carbonyl (C=O) groups is 1. The van der Waals surface area contributed by atoms with E-state index < -0.39 is 0 Å². The van der Waals surface area contributed by atoms with E-state index in [0.29, 0.717) is 11.4 Å². The van der Waals surface area contributed by atoms with Crippen molar-refractivity contribution in [2.75, 3.05) is 17.7 Å². The fourth-order valence-electron chi connectivity index (χ4n) is 1.82. The van der Waals surface area contributed by atoms with Gasteiger partial charge in [-0.05, 0) is 30.7 Å². The lowest BCUT2D eigenvalue weighted by Gasteiger charge is -2.19. The van der Waals surface area contributed by atoms with E-state index in [2.05, 4.69) is 4.98 Å². The molecule has 0 fully saturated rings.